The Labute approximate surface area is 181 Å². The molecule has 2 saturated heterocycles. The number of fused-ring (bicyclic) bond motifs is 1. The van der Waals surface area contributed by atoms with E-state index < -0.39 is 0 Å². The maximum absolute atomic E-state index is 13.5. The Bertz CT molecular complexity index is 1010. The quantitative estimate of drug-likeness (QED) is 0.635. The summed E-state index contributed by atoms with van der Waals surface area (Å²) in [5.74, 6) is 0.805. The van der Waals surface area contributed by atoms with E-state index in [0.29, 0.717) is 5.92 Å². The average molecular weight is 422 g/mol. The van der Waals surface area contributed by atoms with Gasteiger partial charge in [-0.05, 0) is 42.3 Å². The number of rotatable bonds is 4. The number of morpholine rings is 1. The molecule has 5 nitrogen and oxygen atoms in total. The van der Waals surface area contributed by atoms with E-state index in [4.69, 9.17) is 9.72 Å². The Morgan fingerprint density at radius 3 is 2.63 bits per heavy atom. The van der Waals surface area contributed by atoms with E-state index >= 15 is 0 Å². The first-order chi connectivity index (χ1) is 14.8. The summed E-state index contributed by atoms with van der Waals surface area (Å²) in [5, 5.41) is 2.99. The second-order valence-electron chi connectivity index (χ2n) is 8.20. The minimum atomic E-state index is 0.135. The number of likely N-dealkylation sites (tertiary alicyclic amines) is 1. The minimum absolute atomic E-state index is 0.135. The van der Waals surface area contributed by atoms with Crippen molar-refractivity contribution in [2.45, 2.75) is 12.8 Å². The predicted octanol–water partition coefficient (Wildman–Crippen LogP) is 4.15. The van der Waals surface area contributed by atoms with Crippen LogP contribution in [0, 0.1) is 5.92 Å². The summed E-state index contributed by atoms with van der Waals surface area (Å²) in [5.41, 5.74) is 2.54. The van der Waals surface area contributed by atoms with Crippen molar-refractivity contribution in [3.05, 3.63) is 53.4 Å². The topological polar surface area (TPSA) is 45.7 Å². The first-order valence-electron chi connectivity index (χ1n) is 10.8. The first-order valence-corrected chi connectivity index (χ1v) is 11.7. The molecule has 4 heterocycles. The molecule has 1 aromatic carbocycles. The van der Waals surface area contributed by atoms with Crippen molar-refractivity contribution < 1.29 is 9.53 Å². The second-order valence-corrected chi connectivity index (χ2v) is 9.15. The molecule has 6 heteroatoms. The van der Waals surface area contributed by atoms with Crippen molar-refractivity contribution in [2.24, 2.45) is 5.92 Å². The van der Waals surface area contributed by atoms with Crippen LogP contribution in [0.4, 0.5) is 0 Å². The molecule has 0 spiro atoms. The number of para-hydroxylation sites is 1. The van der Waals surface area contributed by atoms with Crippen LogP contribution in [-0.4, -0.2) is 66.6 Å². The highest BCUT2D eigenvalue weighted by Crippen LogP contribution is 2.29. The van der Waals surface area contributed by atoms with Crippen LogP contribution >= 0.6 is 11.3 Å². The number of ether oxygens (including phenoxy) is 1. The van der Waals surface area contributed by atoms with Gasteiger partial charge >= 0.3 is 0 Å². The molecular formula is C24H27N3O2S. The van der Waals surface area contributed by atoms with Gasteiger partial charge in [0, 0.05) is 38.1 Å². The third-order valence-corrected chi connectivity index (χ3v) is 7.13. The molecular weight excluding hydrogens is 394 g/mol. The molecule has 156 valence electrons. The number of hydrogen-bond donors (Lipinski definition) is 0. The van der Waals surface area contributed by atoms with Crippen molar-refractivity contribution in [2.75, 3.05) is 45.9 Å². The molecule has 2 fully saturated rings. The molecule has 0 bridgehead atoms. The highest BCUT2D eigenvalue weighted by molar-refractivity contribution is 7.13. The maximum atomic E-state index is 13.5. The molecule has 0 atom stereocenters. The van der Waals surface area contributed by atoms with Gasteiger partial charge in [0.1, 0.15) is 0 Å². The van der Waals surface area contributed by atoms with Crippen LogP contribution in [0.2, 0.25) is 0 Å². The van der Waals surface area contributed by atoms with Crippen LogP contribution in [0.15, 0.2) is 47.8 Å². The van der Waals surface area contributed by atoms with Crippen LogP contribution in [0.3, 0.4) is 0 Å². The van der Waals surface area contributed by atoms with Gasteiger partial charge < -0.3 is 9.64 Å². The highest BCUT2D eigenvalue weighted by Gasteiger charge is 2.27. The largest absolute Gasteiger partial charge is 0.379 e. The lowest BCUT2D eigenvalue weighted by Gasteiger charge is -2.36. The number of amides is 1. The number of thiophene rings is 1. The van der Waals surface area contributed by atoms with Gasteiger partial charge in [0.15, 0.2) is 0 Å². The summed E-state index contributed by atoms with van der Waals surface area (Å²) in [6.45, 7) is 6.56. The van der Waals surface area contributed by atoms with Crippen molar-refractivity contribution in [3.63, 3.8) is 0 Å². The van der Waals surface area contributed by atoms with Crippen molar-refractivity contribution >= 4 is 28.1 Å². The van der Waals surface area contributed by atoms with Gasteiger partial charge in [-0.15, -0.1) is 11.3 Å². The normalized spacial score (nSPS) is 18.7. The second kappa shape index (κ2) is 8.84. The summed E-state index contributed by atoms with van der Waals surface area (Å²) in [6, 6.07) is 14.1. The van der Waals surface area contributed by atoms with Gasteiger partial charge in [-0.3, -0.25) is 9.69 Å². The Balaban J connectivity index is 1.33. The Morgan fingerprint density at radius 1 is 1.07 bits per heavy atom. The van der Waals surface area contributed by atoms with Crippen molar-refractivity contribution in [1.29, 1.82) is 0 Å². The van der Waals surface area contributed by atoms with Gasteiger partial charge in [-0.1, -0.05) is 24.3 Å². The summed E-state index contributed by atoms with van der Waals surface area (Å²) in [7, 11) is 0. The zero-order valence-electron chi connectivity index (χ0n) is 17.1. The van der Waals surface area contributed by atoms with Crippen LogP contribution < -0.4 is 0 Å². The maximum Gasteiger partial charge on any atom is 0.254 e. The highest BCUT2D eigenvalue weighted by atomic mass is 32.1. The standard InChI is InChI=1S/C24H27N3O2S/c28-24(27-9-7-18(8-10-27)17-26-11-13-29-14-12-26)20-16-22(23-6-3-15-30-23)25-21-5-2-1-4-19(20)21/h1-6,15-16,18H,7-14,17H2. The van der Waals surface area contributed by atoms with Crippen molar-refractivity contribution in [1.82, 2.24) is 14.8 Å². The molecule has 0 aliphatic carbocycles. The predicted molar refractivity (Wildman–Crippen MR) is 121 cm³/mol. The lowest BCUT2D eigenvalue weighted by atomic mass is 9.95. The molecule has 0 unspecified atom stereocenters. The van der Waals surface area contributed by atoms with E-state index in [9.17, 15) is 4.79 Å². The number of piperidine rings is 1. The number of aromatic nitrogens is 1. The molecule has 1 amide bonds. The van der Waals surface area contributed by atoms with Crippen LogP contribution in [-0.2, 0) is 4.74 Å². The fourth-order valence-electron chi connectivity index (χ4n) is 4.54. The van der Waals surface area contributed by atoms with E-state index in [1.165, 1.54) is 0 Å². The molecule has 2 aliphatic rings. The molecule has 2 aromatic heterocycles. The van der Waals surface area contributed by atoms with E-state index in [-0.39, 0.29) is 5.91 Å². The van der Waals surface area contributed by atoms with Gasteiger partial charge in [0.2, 0.25) is 0 Å². The zero-order chi connectivity index (χ0) is 20.3. The Morgan fingerprint density at radius 2 is 1.87 bits per heavy atom. The third kappa shape index (κ3) is 4.13. The summed E-state index contributed by atoms with van der Waals surface area (Å²) < 4.78 is 5.46. The molecule has 2 aliphatic heterocycles. The Hall–Kier alpha value is -2.28. The third-order valence-electron chi connectivity index (χ3n) is 6.24. The number of nitrogens with zero attached hydrogens (tertiary/aromatic N) is 3. The fourth-order valence-corrected chi connectivity index (χ4v) is 5.23. The monoisotopic (exact) mass is 421 g/mol. The smallest absolute Gasteiger partial charge is 0.254 e. The van der Waals surface area contributed by atoms with Gasteiger partial charge in [0.25, 0.3) is 5.91 Å². The zero-order valence-corrected chi connectivity index (χ0v) is 17.9. The summed E-state index contributed by atoms with van der Waals surface area (Å²) in [4.78, 5) is 24.0. The Kier molecular flexibility index (Phi) is 5.79. The summed E-state index contributed by atoms with van der Waals surface area (Å²) in [6.07, 6.45) is 2.15. The average Bonchev–Trinajstić information content (AvgIpc) is 3.34. The van der Waals surface area contributed by atoms with Crippen molar-refractivity contribution in [3.8, 4) is 10.6 Å². The van der Waals surface area contributed by atoms with E-state index in [1.807, 2.05) is 46.7 Å². The minimum Gasteiger partial charge on any atom is -0.379 e. The van der Waals surface area contributed by atoms with E-state index in [0.717, 1.165) is 85.8 Å². The van der Waals surface area contributed by atoms with Gasteiger partial charge in [-0.25, -0.2) is 4.98 Å². The molecule has 5 rings (SSSR count). The molecule has 30 heavy (non-hydrogen) atoms. The molecule has 0 N–H and O–H groups in total. The van der Waals surface area contributed by atoms with Gasteiger partial charge in [0.05, 0.1) is 34.9 Å². The fraction of sp³-hybridized carbons (Fsp3) is 0.417. The van der Waals surface area contributed by atoms with Crippen LogP contribution in [0.5, 0.6) is 0 Å². The lowest BCUT2D eigenvalue weighted by Crippen LogP contribution is -2.44. The molecule has 0 saturated carbocycles. The molecule has 0 radical (unpaired) electrons. The number of carbonyl (C=O) groups is 1. The van der Waals surface area contributed by atoms with Gasteiger partial charge in [-0.2, -0.15) is 0 Å². The SMILES string of the molecule is O=C(c1cc(-c2cccs2)nc2ccccc12)N1CCC(CN2CCOCC2)CC1. The number of hydrogen-bond acceptors (Lipinski definition) is 5. The van der Waals surface area contributed by atoms with E-state index in [2.05, 4.69) is 11.0 Å². The number of carbonyl (C=O) groups excluding carboxylic acids is 1. The summed E-state index contributed by atoms with van der Waals surface area (Å²) >= 11 is 1.66. The first kappa shape index (κ1) is 19.7. The lowest BCUT2D eigenvalue weighted by molar-refractivity contribution is 0.0243. The molecule has 3 aromatic rings. The van der Waals surface area contributed by atoms with Crippen LogP contribution in [0.1, 0.15) is 23.2 Å². The number of benzene rings is 1. The van der Waals surface area contributed by atoms with Crippen LogP contribution in [0.25, 0.3) is 21.5 Å². The van der Waals surface area contributed by atoms with E-state index in [1.54, 1.807) is 11.3 Å². The number of pyridine rings is 1.